The largest absolute Gasteiger partial charge is 0.379 e. The summed E-state index contributed by atoms with van der Waals surface area (Å²) in [4.78, 5) is 0. The van der Waals surface area contributed by atoms with Gasteiger partial charge in [0, 0.05) is 12.6 Å². The van der Waals surface area contributed by atoms with E-state index in [1.165, 1.54) is 12.8 Å². The van der Waals surface area contributed by atoms with E-state index in [4.69, 9.17) is 15.2 Å². The minimum atomic E-state index is 0.159. The second-order valence-corrected chi connectivity index (χ2v) is 4.90. The highest BCUT2D eigenvalue weighted by Gasteiger charge is 2.29. The molecule has 0 radical (unpaired) electrons. The lowest BCUT2D eigenvalue weighted by Crippen LogP contribution is -2.44. The Kier molecular flexibility index (Phi) is 6.32. The van der Waals surface area contributed by atoms with Crippen molar-refractivity contribution in [3.8, 4) is 0 Å². The van der Waals surface area contributed by atoms with E-state index < -0.39 is 0 Å². The molecule has 0 aromatic heterocycles. The standard InChI is InChI=1S/C13H27NO2/c1-4-11-6-7-12(14)13(8-11)16-10(3)9-15-5-2/h10-13H,4-9,14H2,1-3H3. The molecule has 1 saturated carbocycles. The second-order valence-electron chi connectivity index (χ2n) is 4.90. The van der Waals surface area contributed by atoms with Crippen LogP contribution in [0.1, 0.15) is 46.5 Å². The molecule has 0 bridgehead atoms. The minimum absolute atomic E-state index is 0.159. The molecule has 1 aliphatic rings. The second kappa shape index (κ2) is 7.25. The van der Waals surface area contributed by atoms with E-state index in [0.29, 0.717) is 6.61 Å². The first-order valence-corrected chi connectivity index (χ1v) is 6.66. The smallest absolute Gasteiger partial charge is 0.0785 e. The molecule has 4 unspecified atom stereocenters. The summed E-state index contributed by atoms with van der Waals surface area (Å²) >= 11 is 0. The summed E-state index contributed by atoms with van der Waals surface area (Å²) < 4.78 is 11.3. The van der Waals surface area contributed by atoms with E-state index in [9.17, 15) is 0 Å². The van der Waals surface area contributed by atoms with Gasteiger partial charge in [0.05, 0.1) is 18.8 Å². The average Bonchev–Trinajstić information content (AvgIpc) is 2.29. The van der Waals surface area contributed by atoms with Gasteiger partial charge in [-0.1, -0.05) is 13.3 Å². The lowest BCUT2D eigenvalue weighted by atomic mass is 9.83. The summed E-state index contributed by atoms with van der Waals surface area (Å²) in [5.74, 6) is 0.795. The van der Waals surface area contributed by atoms with E-state index in [0.717, 1.165) is 25.4 Å². The molecule has 0 aromatic rings. The lowest BCUT2D eigenvalue weighted by molar-refractivity contribution is -0.0734. The van der Waals surface area contributed by atoms with Crippen LogP contribution in [-0.2, 0) is 9.47 Å². The molecule has 1 rings (SSSR count). The third-order valence-corrected chi connectivity index (χ3v) is 3.49. The molecule has 96 valence electrons. The van der Waals surface area contributed by atoms with Gasteiger partial charge in [0.1, 0.15) is 0 Å². The van der Waals surface area contributed by atoms with E-state index in [2.05, 4.69) is 13.8 Å². The van der Waals surface area contributed by atoms with Gasteiger partial charge in [0.25, 0.3) is 0 Å². The van der Waals surface area contributed by atoms with E-state index in [1.807, 2.05) is 6.92 Å². The van der Waals surface area contributed by atoms with Crippen molar-refractivity contribution in [3.05, 3.63) is 0 Å². The van der Waals surface area contributed by atoms with Crippen LogP contribution in [0.15, 0.2) is 0 Å². The third kappa shape index (κ3) is 4.40. The van der Waals surface area contributed by atoms with Crippen molar-refractivity contribution >= 4 is 0 Å². The maximum absolute atomic E-state index is 6.11. The van der Waals surface area contributed by atoms with Gasteiger partial charge in [-0.2, -0.15) is 0 Å². The predicted octanol–water partition coefficient (Wildman–Crippen LogP) is 2.33. The Labute approximate surface area is 99.7 Å². The summed E-state index contributed by atoms with van der Waals surface area (Å²) in [6, 6.07) is 0.215. The Balaban J connectivity index is 2.32. The number of hydrogen-bond acceptors (Lipinski definition) is 3. The van der Waals surface area contributed by atoms with Crippen molar-refractivity contribution in [2.75, 3.05) is 13.2 Å². The molecular weight excluding hydrogens is 202 g/mol. The van der Waals surface area contributed by atoms with Gasteiger partial charge in [0.2, 0.25) is 0 Å². The predicted molar refractivity (Wildman–Crippen MR) is 66.4 cm³/mol. The van der Waals surface area contributed by atoms with E-state index >= 15 is 0 Å². The van der Waals surface area contributed by atoms with Crippen LogP contribution in [0.2, 0.25) is 0 Å². The van der Waals surface area contributed by atoms with E-state index in [1.54, 1.807) is 0 Å². The highest BCUT2D eigenvalue weighted by Crippen LogP contribution is 2.28. The summed E-state index contributed by atoms with van der Waals surface area (Å²) in [7, 11) is 0. The van der Waals surface area contributed by atoms with Crippen molar-refractivity contribution in [2.45, 2.75) is 64.7 Å². The highest BCUT2D eigenvalue weighted by molar-refractivity contribution is 4.83. The molecular formula is C13H27NO2. The van der Waals surface area contributed by atoms with Gasteiger partial charge in [0.15, 0.2) is 0 Å². The maximum atomic E-state index is 6.11. The molecule has 0 aromatic carbocycles. The van der Waals surface area contributed by atoms with Crippen molar-refractivity contribution in [1.82, 2.24) is 0 Å². The number of ether oxygens (including phenoxy) is 2. The van der Waals surface area contributed by atoms with Crippen LogP contribution in [0, 0.1) is 5.92 Å². The van der Waals surface area contributed by atoms with Crippen LogP contribution in [0.3, 0.4) is 0 Å². The Bertz CT molecular complexity index is 187. The fourth-order valence-corrected chi connectivity index (χ4v) is 2.38. The van der Waals surface area contributed by atoms with Crippen LogP contribution in [0.4, 0.5) is 0 Å². The summed E-state index contributed by atoms with van der Waals surface area (Å²) in [5.41, 5.74) is 6.11. The van der Waals surface area contributed by atoms with Crippen molar-refractivity contribution in [3.63, 3.8) is 0 Å². The fourth-order valence-electron chi connectivity index (χ4n) is 2.38. The zero-order chi connectivity index (χ0) is 12.0. The molecule has 3 heteroatoms. The molecule has 1 fully saturated rings. The number of nitrogens with two attached hydrogens (primary N) is 1. The van der Waals surface area contributed by atoms with Crippen molar-refractivity contribution < 1.29 is 9.47 Å². The molecule has 0 saturated heterocycles. The molecule has 3 nitrogen and oxygen atoms in total. The van der Waals surface area contributed by atoms with Crippen molar-refractivity contribution in [2.24, 2.45) is 11.7 Å². The third-order valence-electron chi connectivity index (χ3n) is 3.49. The van der Waals surface area contributed by atoms with Crippen LogP contribution in [0.5, 0.6) is 0 Å². The van der Waals surface area contributed by atoms with Crippen molar-refractivity contribution in [1.29, 1.82) is 0 Å². The maximum Gasteiger partial charge on any atom is 0.0785 e. The SMILES string of the molecule is CCOCC(C)OC1CC(CC)CCC1N. The topological polar surface area (TPSA) is 44.5 Å². The first kappa shape index (κ1) is 13.9. The van der Waals surface area contributed by atoms with Gasteiger partial charge < -0.3 is 15.2 Å². The highest BCUT2D eigenvalue weighted by atomic mass is 16.5. The number of hydrogen-bond donors (Lipinski definition) is 1. The Morgan fingerprint density at radius 2 is 2.06 bits per heavy atom. The fraction of sp³-hybridized carbons (Fsp3) is 1.00. The van der Waals surface area contributed by atoms with E-state index in [-0.39, 0.29) is 18.2 Å². The minimum Gasteiger partial charge on any atom is -0.379 e. The van der Waals surface area contributed by atoms with Gasteiger partial charge >= 0.3 is 0 Å². The molecule has 2 N–H and O–H groups in total. The summed E-state index contributed by atoms with van der Waals surface area (Å²) in [6.07, 6.45) is 5.11. The Hall–Kier alpha value is -0.120. The monoisotopic (exact) mass is 229 g/mol. The van der Waals surface area contributed by atoms with Gasteiger partial charge in [-0.25, -0.2) is 0 Å². The summed E-state index contributed by atoms with van der Waals surface area (Å²) in [5, 5.41) is 0. The van der Waals surface area contributed by atoms with Crippen LogP contribution in [0.25, 0.3) is 0 Å². The number of rotatable bonds is 6. The molecule has 0 aliphatic heterocycles. The zero-order valence-corrected chi connectivity index (χ0v) is 10.9. The van der Waals surface area contributed by atoms with Gasteiger partial charge in [-0.15, -0.1) is 0 Å². The molecule has 4 atom stereocenters. The first-order chi connectivity index (χ1) is 7.67. The molecule has 16 heavy (non-hydrogen) atoms. The quantitative estimate of drug-likeness (QED) is 0.760. The first-order valence-electron chi connectivity index (χ1n) is 6.66. The molecule has 0 heterocycles. The van der Waals surface area contributed by atoms with Gasteiger partial charge in [-0.3, -0.25) is 0 Å². The Morgan fingerprint density at radius 1 is 1.31 bits per heavy atom. The van der Waals surface area contributed by atoms with Crippen LogP contribution >= 0.6 is 0 Å². The molecule has 1 aliphatic carbocycles. The van der Waals surface area contributed by atoms with Crippen LogP contribution < -0.4 is 5.73 Å². The van der Waals surface area contributed by atoms with Crippen LogP contribution in [-0.4, -0.2) is 31.5 Å². The molecule has 0 amide bonds. The zero-order valence-electron chi connectivity index (χ0n) is 10.9. The lowest BCUT2D eigenvalue weighted by Gasteiger charge is -2.35. The normalized spacial score (nSPS) is 32.6. The molecule has 0 spiro atoms. The summed E-state index contributed by atoms with van der Waals surface area (Å²) in [6.45, 7) is 7.75. The Morgan fingerprint density at radius 3 is 2.69 bits per heavy atom. The van der Waals surface area contributed by atoms with Gasteiger partial charge in [-0.05, 0) is 39.0 Å². The average molecular weight is 229 g/mol.